The second-order valence-electron chi connectivity index (χ2n) is 4.41. The summed E-state index contributed by atoms with van der Waals surface area (Å²) in [4.78, 5) is 17.7. The van der Waals surface area contributed by atoms with Gasteiger partial charge in [0.15, 0.2) is 5.13 Å². The number of thiazole rings is 1. The summed E-state index contributed by atoms with van der Waals surface area (Å²) in [6.45, 7) is 3.84. The fourth-order valence-corrected chi connectivity index (χ4v) is 2.58. The lowest BCUT2D eigenvalue weighted by Gasteiger charge is -2.12. The number of hydrogen-bond donors (Lipinski definition) is 2. The zero-order chi connectivity index (χ0) is 15.6. The van der Waals surface area contributed by atoms with E-state index in [0.717, 1.165) is 10.6 Å². The van der Waals surface area contributed by atoms with Gasteiger partial charge >= 0.3 is 0 Å². The summed E-state index contributed by atoms with van der Waals surface area (Å²) in [5.41, 5.74) is 7.40. The lowest BCUT2D eigenvalue weighted by Crippen LogP contribution is -2.14. The third kappa shape index (κ3) is 3.08. The van der Waals surface area contributed by atoms with E-state index < -0.39 is 0 Å². The molecule has 6 nitrogen and oxygen atoms in total. The number of nitrogens with one attached hydrogen (secondary N) is 1. The second kappa shape index (κ2) is 6.01. The molecule has 0 aliphatic rings. The van der Waals surface area contributed by atoms with Crippen LogP contribution in [0.25, 0.3) is 0 Å². The molecule has 0 radical (unpaired) electrons. The molecule has 0 saturated heterocycles. The van der Waals surface area contributed by atoms with E-state index in [1.807, 2.05) is 13.8 Å². The standard InChI is InChI=1S/C14H17N3O3S/c1-7-8(2)21-14(16-7)17-13(18)10-5-9(19-3)6-11(20-4)12(10)15/h5-6H,15H2,1-4H3,(H,16,17,18). The number of benzene rings is 1. The van der Waals surface area contributed by atoms with Crippen LogP contribution in [-0.2, 0) is 0 Å². The number of ether oxygens (including phenoxy) is 2. The topological polar surface area (TPSA) is 86.5 Å². The van der Waals surface area contributed by atoms with Crippen molar-refractivity contribution < 1.29 is 14.3 Å². The fraction of sp³-hybridized carbons (Fsp3) is 0.286. The number of nitrogen functional groups attached to an aromatic ring is 1. The van der Waals surface area contributed by atoms with Crippen LogP contribution in [0.3, 0.4) is 0 Å². The van der Waals surface area contributed by atoms with Crippen LogP contribution < -0.4 is 20.5 Å². The maximum absolute atomic E-state index is 12.4. The summed E-state index contributed by atoms with van der Waals surface area (Å²) >= 11 is 1.42. The first-order valence-corrected chi connectivity index (χ1v) is 7.04. The van der Waals surface area contributed by atoms with Crippen molar-refractivity contribution in [3.8, 4) is 11.5 Å². The van der Waals surface area contributed by atoms with Crippen molar-refractivity contribution in [1.82, 2.24) is 4.98 Å². The highest BCUT2D eigenvalue weighted by atomic mass is 32.1. The van der Waals surface area contributed by atoms with Gasteiger partial charge < -0.3 is 15.2 Å². The highest BCUT2D eigenvalue weighted by Gasteiger charge is 2.17. The number of rotatable bonds is 4. The molecule has 0 spiro atoms. The van der Waals surface area contributed by atoms with Crippen LogP contribution >= 0.6 is 11.3 Å². The lowest BCUT2D eigenvalue weighted by molar-refractivity contribution is 0.102. The van der Waals surface area contributed by atoms with Crippen molar-refractivity contribution in [3.05, 3.63) is 28.3 Å². The predicted molar refractivity (Wildman–Crippen MR) is 83.5 cm³/mol. The van der Waals surface area contributed by atoms with Crippen molar-refractivity contribution in [3.63, 3.8) is 0 Å². The number of aryl methyl sites for hydroxylation is 2. The van der Waals surface area contributed by atoms with Crippen molar-refractivity contribution in [2.45, 2.75) is 13.8 Å². The van der Waals surface area contributed by atoms with Crippen molar-refractivity contribution in [2.75, 3.05) is 25.3 Å². The summed E-state index contributed by atoms with van der Waals surface area (Å²) in [6, 6.07) is 3.20. The molecule has 1 aromatic heterocycles. The minimum Gasteiger partial charge on any atom is -0.497 e. The Hall–Kier alpha value is -2.28. The van der Waals surface area contributed by atoms with E-state index in [0.29, 0.717) is 16.6 Å². The zero-order valence-electron chi connectivity index (χ0n) is 12.3. The van der Waals surface area contributed by atoms with E-state index in [1.165, 1.54) is 25.6 Å². The molecule has 7 heteroatoms. The molecule has 0 aliphatic carbocycles. The van der Waals surface area contributed by atoms with Crippen LogP contribution in [-0.4, -0.2) is 25.1 Å². The first-order chi connectivity index (χ1) is 9.96. The maximum atomic E-state index is 12.4. The monoisotopic (exact) mass is 307 g/mol. The molecule has 0 bridgehead atoms. The summed E-state index contributed by atoms with van der Waals surface area (Å²) in [6.07, 6.45) is 0. The molecule has 0 saturated carbocycles. The van der Waals surface area contributed by atoms with Crippen LogP contribution in [0.2, 0.25) is 0 Å². The molecule has 0 fully saturated rings. The third-order valence-electron chi connectivity index (χ3n) is 3.06. The zero-order valence-corrected chi connectivity index (χ0v) is 13.1. The summed E-state index contributed by atoms with van der Waals surface area (Å²) in [5, 5.41) is 3.28. The summed E-state index contributed by atoms with van der Waals surface area (Å²) in [7, 11) is 3.00. The summed E-state index contributed by atoms with van der Waals surface area (Å²) < 4.78 is 10.3. The van der Waals surface area contributed by atoms with Crippen LogP contribution in [0.1, 0.15) is 20.9 Å². The van der Waals surface area contributed by atoms with Gasteiger partial charge in [-0.1, -0.05) is 0 Å². The minimum absolute atomic E-state index is 0.265. The van der Waals surface area contributed by atoms with Crippen LogP contribution in [0.15, 0.2) is 12.1 Å². The number of amides is 1. The molecule has 112 valence electrons. The smallest absolute Gasteiger partial charge is 0.259 e. The van der Waals surface area contributed by atoms with E-state index >= 15 is 0 Å². The molecule has 1 amide bonds. The first kappa shape index (κ1) is 15.1. The Labute approximate surface area is 126 Å². The van der Waals surface area contributed by atoms with Gasteiger partial charge in [-0.3, -0.25) is 10.1 Å². The van der Waals surface area contributed by atoms with Crippen molar-refractivity contribution >= 4 is 28.1 Å². The average molecular weight is 307 g/mol. The van der Waals surface area contributed by atoms with Crippen molar-refractivity contribution in [1.29, 1.82) is 0 Å². The molecule has 0 atom stereocenters. The lowest BCUT2D eigenvalue weighted by atomic mass is 10.1. The Bertz CT molecular complexity index is 663. The molecule has 0 aliphatic heterocycles. The molecule has 2 aromatic rings. The molecule has 2 rings (SSSR count). The average Bonchev–Trinajstić information content (AvgIpc) is 2.77. The largest absolute Gasteiger partial charge is 0.497 e. The number of carbonyl (C=O) groups excluding carboxylic acids is 1. The molecular formula is C14H17N3O3S. The third-order valence-corrected chi connectivity index (χ3v) is 4.05. The van der Waals surface area contributed by atoms with Gasteiger partial charge in [0.05, 0.1) is 31.2 Å². The van der Waals surface area contributed by atoms with E-state index in [9.17, 15) is 4.79 Å². The quantitative estimate of drug-likeness (QED) is 0.848. The number of aromatic nitrogens is 1. The van der Waals surface area contributed by atoms with Gasteiger partial charge in [0, 0.05) is 10.9 Å². The molecular weight excluding hydrogens is 290 g/mol. The molecule has 21 heavy (non-hydrogen) atoms. The number of anilines is 2. The van der Waals surface area contributed by atoms with E-state index in [1.54, 1.807) is 12.1 Å². The molecule has 1 aromatic carbocycles. The molecule has 3 N–H and O–H groups in total. The van der Waals surface area contributed by atoms with Gasteiger partial charge in [0.25, 0.3) is 5.91 Å². The number of hydrogen-bond acceptors (Lipinski definition) is 6. The molecule has 0 unspecified atom stereocenters. The fourth-order valence-electron chi connectivity index (χ4n) is 1.77. The van der Waals surface area contributed by atoms with Crippen LogP contribution in [0.5, 0.6) is 11.5 Å². The number of nitrogens with zero attached hydrogens (tertiary/aromatic N) is 1. The van der Waals surface area contributed by atoms with Crippen molar-refractivity contribution in [2.24, 2.45) is 0 Å². The van der Waals surface area contributed by atoms with E-state index in [2.05, 4.69) is 10.3 Å². The Balaban J connectivity index is 2.34. The highest BCUT2D eigenvalue weighted by molar-refractivity contribution is 7.15. The Morgan fingerprint density at radius 1 is 1.29 bits per heavy atom. The number of carbonyl (C=O) groups is 1. The SMILES string of the molecule is COc1cc(OC)c(N)c(C(=O)Nc2nc(C)c(C)s2)c1. The predicted octanol–water partition coefficient (Wildman–Crippen LogP) is 2.61. The number of nitrogens with two attached hydrogens (primary N) is 1. The Kier molecular flexibility index (Phi) is 4.32. The van der Waals surface area contributed by atoms with Crippen LogP contribution in [0.4, 0.5) is 10.8 Å². The Morgan fingerprint density at radius 3 is 2.52 bits per heavy atom. The van der Waals surface area contributed by atoms with E-state index in [-0.39, 0.29) is 17.2 Å². The van der Waals surface area contributed by atoms with Crippen LogP contribution in [0, 0.1) is 13.8 Å². The van der Waals surface area contributed by atoms with Gasteiger partial charge in [0.2, 0.25) is 0 Å². The Morgan fingerprint density at radius 2 is 2.00 bits per heavy atom. The molecule has 1 heterocycles. The van der Waals surface area contributed by atoms with Gasteiger partial charge in [-0.2, -0.15) is 0 Å². The van der Waals surface area contributed by atoms with Gasteiger partial charge in [-0.25, -0.2) is 4.98 Å². The van der Waals surface area contributed by atoms with Gasteiger partial charge in [-0.15, -0.1) is 11.3 Å². The second-order valence-corrected chi connectivity index (χ2v) is 5.61. The minimum atomic E-state index is -0.349. The highest BCUT2D eigenvalue weighted by Crippen LogP contribution is 2.32. The first-order valence-electron chi connectivity index (χ1n) is 6.23. The normalized spacial score (nSPS) is 10.3. The maximum Gasteiger partial charge on any atom is 0.259 e. The summed E-state index contributed by atoms with van der Waals surface area (Å²) in [5.74, 6) is 0.544. The van der Waals surface area contributed by atoms with E-state index in [4.69, 9.17) is 15.2 Å². The van der Waals surface area contributed by atoms with Gasteiger partial charge in [0.1, 0.15) is 11.5 Å². The van der Waals surface area contributed by atoms with Gasteiger partial charge in [-0.05, 0) is 19.9 Å². The number of methoxy groups -OCH3 is 2.